The highest BCUT2D eigenvalue weighted by molar-refractivity contribution is 7.99. The van der Waals surface area contributed by atoms with Crippen LogP contribution in [0.25, 0.3) is 16.6 Å². The summed E-state index contributed by atoms with van der Waals surface area (Å²) in [6.45, 7) is 0.496. The Hall–Kier alpha value is -2.87. The van der Waals surface area contributed by atoms with Crippen molar-refractivity contribution < 1.29 is 0 Å². The molecule has 0 aliphatic rings. The molecule has 0 bridgehead atoms. The molecular weight excluding hydrogens is 336 g/mol. The Morgan fingerprint density at radius 1 is 1.12 bits per heavy atom. The number of hydrogen-bond donors (Lipinski definition) is 1. The number of rotatable bonds is 5. The lowest BCUT2D eigenvalue weighted by Crippen LogP contribution is -2.22. The summed E-state index contributed by atoms with van der Waals surface area (Å²) in [6, 6.07) is 13.4. The summed E-state index contributed by atoms with van der Waals surface area (Å²) in [4.78, 5) is 21.4. The number of hydrogen-bond acceptors (Lipinski definition) is 6. The first kappa shape index (κ1) is 15.6. The molecule has 4 aromatic rings. The Morgan fingerprint density at radius 2 is 1.96 bits per heavy atom. The minimum atomic E-state index is -0.133. The third-order valence-corrected chi connectivity index (χ3v) is 4.67. The van der Waals surface area contributed by atoms with Crippen molar-refractivity contribution >= 4 is 34.1 Å². The van der Waals surface area contributed by atoms with Gasteiger partial charge in [-0.25, -0.2) is 19.4 Å². The molecule has 3 heterocycles. The van der Waals surface area contributed by atoms with Crippen LogP contribution >= 0.6 is 11.8 Å². The third kappa shape index (κ3) is 2.96. The van der Waals surface area contributed by atoms with Crippen LogP contribution in [-0.2, 0) is 6.54 Å². The molecule has 126 valence electrons. The van der Waals surface area contributed by atoms with Crippen LogP contribution in [0.4, 0.5) is 5.82 Å². The molecule has 0 unspecified atom stereocenters. The normalized spacial score (nSPS) is 11.2. The minimum Gasteiger partial charge on any atom is -0.372 e. The standard InChI is InChI=1S/C17H16N6OS/c1-18-15-12-6-2-3-7-13(12)19-16(20-15)25-11-10-23-17(24)22-9-5-4-8-14(22)21-23/h2-9H,10-11H2,1H3,(H,18,19,20). The van der Waals surface area contributed by atoms with E-state index in [0.717, 1.165) is 16.7 Å². The molecule has 0 saturated carbocycles. The number of pyridine rings is 1. The van der Waals surface area contributed by atoms with Gasteiger partial charge in [0.05, 0.1) is 12.1 Å². The second-order valence-electron chi connectivity index (χ2n) is 5.40. The second-order valence-corrected chi connectivity index (χ2v) is 6.47. The Balaban J connectivity index is 1.54. The fraction of sp³-hybridized carbons (Fsp3) is 0.176. The molecule has 0 aliphatic carbocycles. The Kier molecular flexibility index (Phi) is 4.10. The van der Waals surface area contributed by atoms with Crippen molar-refractivity contribution in [1.82, 2.24) is 24.1 Å². The molecule has 1 N–H and O–H groups in total. The number of para-hydroxylation sites is 1. The summed E-state index contributed by atoms with van der Waals surface area (Å²) in [5.74, 6) is 1.46. The first-order valence-corrected chi connectivity index (χ1v) is 8.86. The average molecular weight is 352 g/mol. The van der Waals surface area contributed by atoms with Crippen molar-refractivity contribution in [2.75, 3.05) is 18.1 Å². The number of aryl methyl sites for hydroxylation is 1. The van der Waals surface area contributed by atoms with Gasteiger partial charge >= 0.3 is 5.69 Å². The van der Waals surface area contributed by atoms with E-state index in [0.29, 0.717) is 23.1 Å². The Bertz CT molecular complexity index is 1100. The van der Waals surface area contributed by atoms with Crippen LogP contribution in [0.3, 0.4) is 0 Å². The van der Waals surface area contributed by atoms with Gasteiger partial charge in [-0.1, -0.05) is 30.0 Å². The van der Waals surface area contributed by atoms with Crippen LogP contribution in [0.2, 0.25) is 0 Å². The number of anilines is 1. The zero-order chi connectivity index (χ0) is 17.2. The largest absolute Gasteiger partial charge is 0.372 e. The number of nitrogens with zero attached hydrogens (tertiary/aromatic N) is 5. The molecule has 4 rings (SSSR count). The molecule has 0 spiro atoms. The highest BCUT2D eigenvalue weighted by Crippen LogP contribution is 2.23. The first-order valence-electron chi connectivity index (χ1n) is 7.88. The predicted molar refractivity (Wildman–Crippen MR) is 99.3 cm³/mol. The van der Waals surface area contributed by atoms with Crippen LogP contribution in [0, 0.1) is 0 Å². The van der Waals surface area contributed by atoms with Crippen molar-refractivity contribution in [3.63, 3.8) is 0 Å². The summed E-state index contributed by atoms with van der Waals surface area (Å²) < 4.78 is 3.01. The lowest BCUT2D eigenvalue weighted by atomic mass is 10.2. The molecular formula is C17H16N6OS. The maximum Gasteiger partial charge on any atom is 0.350 e. The predicted octanol–water partition coefficient (Wildman–Crippen LogP) is 2.27. The van der Waals surface area contributed by atoms with E-state index < -0.39 is 0 Å². The highest BCUT2D eigenvalue weighted by Gasteiger charge is 2.09. The molecule has 1 aromatic carbocycles. The minimum absolute atomic E-state index is 0.133. The summed E-state index contributed by atoms with van der Waals surface area (Å²) in [6.07, 6.45) is 1.72. The lowest BCUT2D eigenvalue weighted by Gasteiger charge is -2.07. The van der Waals surface area contributed by atoms with E-state index in [-0.39, 0.29) is 5.69 Å². The molecule has 0 radical (unpaired) electrons. The molecule has 8 heteroatoms. The molecule has 0 saturated heterocycles. The average Bonchev–Trinajstić information content (AvgIpc) is 2.97. The monoisotopic (exact) mass is 352 g/mol. The fourth-order valence-corrected chi connectivity index (χ4v) is 3.41. The number of fused-ring (bicyclic) bond motifs is 2. The number of benzene rings is 1. The second kappa shape index (κ2) is 6.56. The van der Waals surface area contributed by atoms with Gasteiger partial charge < -0.3 is 5.32 Å². The summed E-state index contributed by atoms with van der Waals surface area (Å²) in [5.41, 5.74) is 1.41. The maximum atomic E-state index is 12.3. The van der Waals surface area contributed by atoms with Crippen LogP contribution < -0.4 is 11.0 Å². The fourth-order valence-electron chi connectivity index (χ4n) is 2.65. The summed E-state index contributed by atoms with van der Waals surface area (Å²) in [7, 11) is 1.85. The molecule has 3 aromatic heterocycles. The van der Waals surface area contributed by atoms with Gasteiger partial charge in [-0.05, 0) is 24.3 Å². The quantitative estimate of drug-likeness (QED) is 0.439. The van der Waals surface area contributed by atoms with Gasteiger partial charge in [-0.2, -0.15) is 0 Å². The zero-order valence-corrected chi connectivity index (χ0v) is 14.4. The van der Waals surface area contributed by atoms with Gasteiger partial charge in [-0.15, -0.1) is 5.10 Å². The number of thioether (sulfide) groups is 1. The van der Waals surface area contributed by atoms with Gasteiger partial charge in [0.2, 0.25) is 0 Å². The SMILES string of the molecule is CNc1nc(SCCn2nc3ccccn3c2=O)nc2ccccc12. The van der Waals surface area contributed by atoms with Crippen molar-refractivity contribution in [1.29, 1.82) is 0 Å². The van der Waals surface area contributed by atoms with Crippen LogP contribution in [0.1, 0.15) is 0 Å². The van der Waals surface area contributed by atoms with E-state index in [1.54, 1.807) is 6.20 Å². The van der Waals surface area contributed by atoms with Crippen LogP contribution in [-0.4, -0.2) is 36.9 Å². The summed E-state index contributed by atoms with van der Waals surface area (Å²) in [5, 5.41) is 9.11. The molecule has 25 heavy (non-hydrogen) atoms. The van der Waals surface area contributed by atoms with Gasteiger partial charge in [0.1, 0.15) is 5.82 Å². The molecule has 0 atom stereocenters. The van der Waals surface area contributed by atoms with Crippen molar-refractivity contribution in [2.24, 2.45) is 0 Å². The lowest BCUT2D eigenvalue weighted by molar-refractivity contribution is 0.639. The van der Waals surface area contributed by atoms with Gasteiger partial charge in [0, 0.05) is 24.4 Å². The Labute approximate surface area is 147 Å². The number of nitrogens with one attached hydrogen (secondary N) is 1. The van der Waals surface area contributed by atoms with E-state index >= 15 is 0 Å². The van der Waals surface area contributed by atoms with Gasteiger partial charge in [-0.3, -0.25) is 4.40 Å². The van der Waals surface area contributed by atoms with E-state index in [1.807, 2.05) is 49.5 Å². The van der Waals surface area contributed by atoms with Crippen molar-refractivity contribution in [3.05, 3.63) is 59.1 Å². The zero-order valence-electron chi connectivity index (χ0n) is 13.6. The van der Waals surface area contributed by atoms with Gasteiger partial charge in [0.15, 0.2) is 10.8 Å². The molecule has 0 fully saturated rings. The van der Waals surface area contributed by atoms with E-state index in [2.05, 4.69) is 20.4 Å². The summed E-state index contributed by atoms with van der Waals surface area (Å²) >= 11 is 1.51. The topological polar surface area (TPSA) is 77.1 Å². The smallest absolute Gasteiger partial charge is 0.350 e. The molecule has 7 nitrogen and oxygen atoms in total. The van der Waals surface area contributed by atoms with Crippen LogP contribution in [0.5, 0.6) is 0 Å². The van der Waals surface area contributed by atoms with Crippen LogP contribution in [0.15, 0.2) is 58.6 Å². The van der Waals surface area contributed by atoms with Crippen molar-refractivity contribution in [3.8, 4) is 0 Å². The highest BCUT2D eigenvalue weighted by atomic mass is 32.2. The van der Waals surface area contributed by atoms with Gasteiger partial charge in [0.25, 0.3) is 0 Å². The third-order valence-electron chi connectivity index (χ3n) is 3.84. The first-order chi connectivity index (χ1) is 12.3. The van der Waals surface area contributed by atoms with E-state index in [9.17, 15) is 4.79 Å². The molecule has 0 amide bonds. The van der Waals surface area contributed by atoms with E-state index in [4.69, 9.17) is 0 Å². The van der Waals surface area contributed by atoms with Crippen molar-refractivity contribution in [2.45, 2.75) is 11.7 Å². The Morgan fingerprint density at radius 3 is 2.80 bits per heavy atom. The number of aromatic nitrogens is 5. The van der Waals surface area contributed by atoms with E-state index in [1.165, 1.54) is 20.8 Å². The molecule has 0 aliphatic heterocycles. The maximum absolute atomic E-state index is 12.3.